The first-order chi connectivity index (χ1) is 15.4. The van der Waals surface area contributed by atoms with E-state index in [0.717, 1.165) is 32.6 Å². The molecule has 2 amide bonds. The van der Waals surface area contributed by atoms with Crippen LogP contribution in [0.3, 0.4) is 0 Å². The summed E-state index contributed by atoms with van der Waals surface area (Å²) in [6.45, 7) is 7.07. The average Bonchev–Trinajstić information content (AvgIpc) is 2.75. The monoisotopic (exact) mass is 537 g/mol. The van der Waals surface area contributed by atoms with Gasteiger partial charge in [-0.25, -0.2) is 8.42 Å². The normalized spacial score (nSPS) is 13.2. The molecule has 0 radical (unpaired) electrons. The highest BCUT2D eigenvalue weighted by molar-refractivity contribution is 9.10. The van der Waals surface area contributed by atoms with Gasteiger partial charge in [0.25, 0.3) is 0 Å². The SMILES string of the molecule is CC[C@H](C)NC(=O)[C@@H](C)N(Cc1cccc(Br)c1)C(=O)CN(c1ccccc1C)S(C)(=O)=O. The van der Waals surface area contributed by atoms with Crippen LogP contribution in [0, 0.1) is 6.92 Å². The lowest BCUT2D eigenvalue weighted by molar-refractivity contribution is -0.139. The van der Waals surface area contributed by atoms with Crippen molar-refractivity contribution in [3.05, 3.63) is 64.1 Å². The molecule has 2 aromatic rings. The van der Waals surface area contributed by atoms with Crippen LogP contribution in [0.1, 0.15) is 38.3 Å². The largest absolute Gasteiger partial charge is 0.352 e. The van der Waals surface area contributed by atoms with Crippen molar-refractivity contribution in [3.63, 3.8) is 0 Å². The van der Waals surface area contributed by atoms with Gasteiger partial charge in [-0.05, 0) is 56.5 Å². The molecule has 2 rings (SSSR count). The van der Waals surface area contributed by atoms with E-state index in [1.54, 1.807) is 32.0 Å². The van der Waals surface area contributed by atoms with Gasteiger partial charge in [0.1, 0.15) is 12.6 Å². The first-order valence-corrected chi connectivity index (χ1v) is 13.5. The molecule has 2 atom stereocenters. The number of amides is 2. The van der Waals surface area contributed by atoms with E-state index in [1.807, 2.05) is 44.2 Å². The van der Waals surface area contributed by atoms with Crippen molar-refractivity contribution in [1.82, 2.24) is 10.2 Å². The van der Waals surface area contributed by atoms with Crippen LogP contribution < -0.4 is 9.62 Å². The number of sulfonamides is 1. The molecule has 0 bridgehead atoms. The van der Waals surface area contributed by atoms with E-state index >= 15 is 0 Å². The van der Waals surface area contributed by atoms with Crippen molar-refractivity contribution in [1.29, 1.82) is 0 Å². The third-order valence-corrected chi connectivity index (χ3v) is 7.09. The number of hydrogen-bond donors (Lipinski definition) is 1. The Morgan fingerprint density at radius 1 is 1.09 bits per heavy atom. The summed E-state index contributed by atoms with van der Waals surface area (Å²) >= 11 is 3.43. The molecule has 0 fully saturated rings. The minimum absolute atomic E-state index is 0.0396. The number of halogens is 1. The summed E-state index contributed by atoms with van der Waals surface area (Å²) < 4.78 is 27.1. The zero-order valence-corrected chi connectivity index (χ0v) is 22.1. The van der Waals surface area contributed by atoms with E-state index < -0.39 is 28.5 Å². The molecule has 0 unspecified atom stereocenters. The Balaban J connectivity index is 2.40. The lowest BCUT2D eigenvalue weighted by atomic mass is 10.1. The highest BCUT2D eigenvalue weighted by Gasteiger charge is 2.30. The van der Waals surface area contributed by atoms with Crippen LogP contribution in [-0.4, -0.2) is 50.0 Å². The minimum atomic E-state index is -3.74. The van der Waals surface area contributed by atoms with Crippen molar-refractivity contribution in [2.45, 2.75) is 52.7 Å². The molecule has 0 aliphatic heterocycles. The zero-order valence-electron chi connectivity index (χ0n) is 19.7. The fourth-order valence-electron chi connectivity index (χ4n) is 3.32. The molecule has 0 aromatic heterocycles. The molecule has 180 valence electrons. The lowest BCUT2D eigenvalue weighted by Crippen LogP contribution is -2.52. The Hall–Kier alpha value is -2.39. The summed E-state index contributed by atoms with van der Waals surface area (Å²) in [7, 11) is -3.74. The lowest BCUT2D eigenvalue weighted by Gasteiger charge is -2.32. The van der Waals surface area contributed by atoms with E-state index in [2.05, 4.69) is 21.2 Å². The Bertz CT molecular complexity index is 1090. The summed E-state index contributed by atoms with van der Waals surface area (Å²) in [4.78, 5) is 27.8. The molecular weight excluding hydrogens is 506 g/mol. The topological polar surface area (TPSA) is 86.8 Å². The standard InChI is InChI=1S/C24H32BrN3O4S/c1-6-18(3)26-24(30)19(4)27(15-20-11-9-12-21(25)14-20)23(29)16-28(33(5,31)32)22-13-8-7-10-17(22)2/h7-14,18-19H,6,15-16H2,1-5H3,(H,26,30)/t18-,19+/m0/s1. The smallest absolute Gasteiger partial charge is 0.244 e. The number of aryl methyl sites for hydroxylation is 1. The fraction of sp³-hybridized carbons (Fsp3) is 0.417. The number of carbonyl (C=O) groups is 2. The van der Waals surface area contributed by atoms with Gasteiger partial charge in [-0.15, -0.1) is 0 Å². The summed E-state index contributed by atoms with van der Waals surface area (Å²) in [5.74, 6) is -0.745. The summed E-state index contributed by atoms with van der Waals surface area (Å²) in [6, 6.07) is 13.6. The molecule has 1 N–H and O–H groups in total. The second kappa shape index (κ2) is 11.7. The van der Waals surface area contributed by atoms with Crippen LogP contribution in [0.4, 0.5) is 5.69 Å². The van der Waals surface area contributed by atoms with Gasteiger partial charge < -0.3 is 10.2 Å². The van der Waals surface area contributed by atoms with E-state index in [9.17, 15) is 18.0 Å². The van der Waals surface area contributed by atoms with E-state index in [-0.39, 0.29) is 18.5 Å². The number of nitrogens with one attached hydrogen (secondary N) is 1. The Kier molecular flexibility index (Phi) is 9.48. The van der Waals surface area contributed by atoms with Gasteiger partial charge in [0.05, 0.1) is 11.9 Å². The molecule has 33 heavy (non-hydrogen) atoms. The molecule has 0 saturated carbocycles. The quantitative estimate of drug-likeness (QED) is 0.498. The molecular formula is C24H32BrN3O4S. The van der Waals surface area contributed by atoms with Crippen molar-refractivity contribution in [2.75, 3.05) is 17.1 Å². The molecule has 0 heterocycles. The van der Waals surface area contributed by atoms with Gasteiger partial charge >= 0.3 is 0 Å². The molecule has 0 saturated heterocycles. The molecule has 0 aliphatic rings. The third kappa shape index (κ3) is 7.57. The van der Waals surface area contributed by atoms with Crippen molar-refractivity contribution in [3.8, 4) is 0 Å². The predicted octanol–water partition coefficient (Wildman–Crippen LogP) is 3.86. The maximum absolute atomic E-state index is 13.5. The number of nitrogens with zero attached hydrogens (tertiary/aromatic N) is 2. The number of anilines is 1. The summed E-state index contributed by atoms with van der Waals surface area (Å²) in [6.07, 6.45) is 1.83. The first kappa shape index (κ1) is 26.9. The minimum Gasteiger partial charge on any atom is -0.352 e. The van der Waals surface area contributed by atoms with Crippen LogP contribution in [0.25, 0.3) is 0 Å². The van der Waals surface area contributed by atoms with Gasteiger partial charge in [0.15, 0.2) is 0 Å². The molecule has 0 aliphatic carbocycles. The Labute approximate surface area is 205 Å². The first-order valence-electron chi connectivity index (χ1n) is 10.8. The zero-order chi connectivity index (χ0) is 24.8. The Morgan fingerprint density at radius 3 is 2.33 bits per heavy atom. The highest BCUT2D eigenvalue weighted by atomic mass is 79.9. The van der Waals surface area contributed by atoms with Crippen LogP contribution in [0.15, 0.2) is 53.0 Å². The molecule has 0 spiro atoms. The Morgan fingerprint density at radius 2 is 1.76 bits per heavy atom. The van der Waals surface area contributed by atoms with Gasteiger partial charge in [0.2, 0.25) is 21.8 Å². The number of carbonyl (C=O) groups excluding carboxylic acids is 2. The van der Waals surface area contributed by atoms with Crippen molar-refractivity contribution in [2.24, 2.45) is 0 Å². The van der Waals surface area contributed by atoms with Gasteiger partial charge in [-0.2, -0.15) is 0 Å². The van der Waals surface area contributed by atoms with Gasteiger partial charge in [-0.3, -0.25) is 13.9 Å². The average molecular weight is 539 g/mol. The van der Waals surface area contributed by atoms with Crippen LogP contribution >= 0.6 is 15.9 Å². The number of para-hydroxylation sites is 1. The van der Waals surface area contributed by atoms with Gasteiger partial charge in [-0.1, -0.05) is 53.2 Å². The van der Waals surface area contributed by atoms with Gasteiger partial charge in [0, 0.05) is 17.1 Å². The van der Waals surface area contributed by atoms with Crippen molar-refractivity contribution >= 4 is 43.5 Å². The van der Waals surface area contributed by atoms with E-state index in [0.29, 0.717) is 5.69 Å². The van der Waals surface area contributed by atoms with E-state index in [4.69, 9.17) is 0 Å². The fourth-order valence-corrected chi connectivity index (χ4v) is 4.67. The number of rotatable bonds is 10. The third-order valence-electron chi connectivity index (χ3n) is 5.47. The predicted molar refractivity (Wildman–Crippen MR) is 135 cm³/mol. The van der Waals surface area contributed by atoms with E-state index in [1.165, 1.54) is 4.90 Å². The van der Waals surface area contributed by atoms with Crippen LogP contribution in [-0.2, 0) is 26.2 Å². The summed E-state index contributed by atoms with van der Waals surface area (Å²) in [5, 5.41) is 2.91. The van der Waals surface area contributed by atoms with Crippen molar-refractivity contribution < 1.29 is 18.0 Å². The van der Waals surface area contributed by atoms with Crippen LogP contribution in [0.2, 0.25) is 0 Å². The van der Waals surface area contributed by atoms with Crippen LogP contribution in [0.5, 0.6) is 0 Å². The number of benzene rings is 2. The second-order valence-electron chi connectivity index (χ2n) is 8.20. The summed E-state index contributed by atoms with van der Waals surface area (Å²) in [5.41, 5.74) is 1.99. The maximum Gasteiger partial charge on any atom is 0.244 e. The molecule has 9 heteroatoms. The highest BCUT2D eigenvalue weighted by Crippen LogP contribution is 2.23. The second-order valence-corrected chi connectivity index (χ2v) is 11.0. The molecule has 7 nitrogen and oxygen atoms in total. The maximum atomic E-state index is 13.5. The number of hydrogen-bond acceptors (Lipinski definition) is 4. The molecule has 2 aromatic carbocycles.